The number of aromatic amines is 2. The average Bonchev–Trinajstić information content (AvgIpc) is 3.20. The van der Waals surface area contributed by atoms with E-state index in [-0.39, 0.29) is 16.8 Å². The molecule has 1 amide bonds. The second kappa shape index (κ2) is 7.64. The third-order valence-corrected chi connectivity index (χ3v) is 5.53. The Kier molecular flexibility index (Phi) is 5.05. The molecule has 1 aliphatic rings. The van der Waals surface area contributed by atoms with Crippen LogP contribution in [0.2, 0.25) is 5.02 Å². The molecule has 144 valence electrons. The Balaban J connectivity index is 1.57. The Bertz CT molecular complexity index is 1050. The van der Waals surface area contributed by atoms with Gasteiger partial charge in [-0.05, 0) is 31.4 Å². The van der Waals surface area contributed by atoms with Crippen LogP contribution in [-0.2, 0) is 0 Å². The molecule has 1 fully saturated rings. The van der Waals surface area contributed by atoms with Gasteiger partial charge in [0.15, 0.2) is 0 Å². The van der Waals surface area contributed by atoms with Crippen molar-refractivity contribution in [1.82, 2.24) is 20.1 Å². The lowest BCUT2D eigenvalue weighted by Crippen LogP contribution is -2.39. The third kappa shape index (κ3) is 3.60. The average molecular weight is 397 g/mol. The molecule has 0 unspecified atom stereocenters. The summed E-state index contributed by atoms with van der Waals surface area (Å²) in [4.78, 5) is 28.7. The lowest BCUT2D eigenvalue weighted by atomic mass is 9.90. The second-order valence-electron chi connectivity index (χ2n) is 7.22. The molecular weight excluding hydrogens is 376 g/mol. The highest BCUT2D eigenvalue weighted by molar-refractivity contribution is 6.30. The van der Waals surface area contributed by atoms with Crippen LogP contribution in [0.5, 0.6) is 0 Å². The fourth-order valence-corrected chi connectivity index (χ4v) is 3.90. The van der Waals surface area contributed by atoms with Gasteiger partial charge in [0.05, 0.1) is 11.8 Å². The van der Waals surface area contributed by atoms with Gasteiger partial charge in [-0.1, -0.05) is 41.4 Å². The first kappa shape index (κ1) is 18.5. The molecule has 3 heterocycles. The molecule has 7 heteroatoms. The summed E-state index contributed by atoms with van der Waals surface area (Å²) in [5.74, 6) is 0.0500. The number of aryl methyl sites for hydroxylation is 1. The van der Waals surface area contributed by atoms with Crippen LogP contribution >= 0.6 is 11.6 Å². The van der Waals surface area contributed by atoms with Crippen molar-refractivity contribution in [3.05, 3.63) is 74.9 Å². The van der Waals surface area contributed by atoms with E-state index in [1.165, 1.54) is 17.8 Å². The Hall–Kier alpha value is -2.86. The summed E-state index contributed by atoms with van der Waals surface area (Å²) >= 11 is 5.88. The van der Waals surface area contributed by atoms with Gasteiger partial charge < -0.3 is 9.88 Å². The lowest BCUT2D eigenvalue weighted by molar-refractivity contribution is 0.0705. The van der Waals surface area contributed by atoms with Crippen molar-refractivity contribution >= 4 is 17.5 Å². The fourth-order valence-electron chi connectivity index (χ4n) is 3.73. The normalized spacial score (nSPS) is 16.9. The SMILES string of the molecule is Cc1ccc(-c2cn[nH]c2[C@H]2CCCN(C(=O)c3c[nH]c(=O)c(Cl)c3)C2)cc1. The fraction of sp³-hybridized carbons (Fsp3) is 0.286. The number of carbonyl (C=O) groups is 1. The maximum atomic E-state index is 12.9. The van der Waals surface area contributed by atoms with E-state index in [1.807, 2.05) is 11.1 Å². The van der Waals surface area contributed by atoms with Crippen LogP contribution in [0.3, 0.4) is 0 Å². The van der Waals surface area contributed by atoms with Crippen molar-refractivity contribution in [1.29, 1.82) is 0 Å². The van der Waals surface area contributed by atoms with E-state index in [9.17, 15) is 9.59 Å². The number of pyridine rings is 1. The van der Waals surface area contributed by atoms with Gasteiger partial charge in [0, 0.05) is 36.5 Å². The number of aromatic nitrogens is 3. The number of carbonyl (C=O) groups excluding carboxylic acids is 1. The number of benzene rings is 1. The van der Waals surface area contributed by atoms with Crippen LogP contribution < -0.4 is 5.56 Å². The maximum absolute atomic E-state index is 12.9. The number of likely N-dealkylation sites (tertiary alicyclic amines) is 1. The van der Waals surface area contributed by atoms with E-state index in [2.05, 4.69) is 46.4 Å². The van der Waals surface area contributed by atoms with E-state index >= 15 is 0 Å². The number of nitrogens with zero attached hydrogens (tertiary/aromatic N) is 2. The third-order valence-electron chi connectivity index (χ3n) is 5.25. The topological polar surface area (TPSA) is 81.8 Å². The van der Waals surface area contributed by atoms with Gasteiger partial charge in [0.25, 0.3) is 11.5 Å². The number of nitrogens with one attached hydrogen (secondary N) is 2. The van der Waals surface area contributed by atoms with Crippen LogP contribution in [0.1, 0.15) is 40.4 Å². The highest BCUT2D eigenvalue weighted by Gasteiger charge is 2.28. The molecule has 1 aromatic carbocycles. The van der Waals surface area contributed by atoms with Gasteiger partial charge in [-0.25, -0.2) is 0 Å². The molecule has 3 aromatic rings. The maximum Gasteiger partial charge on any atom is 0.266 e. The minimum absolute atomic E-state index is 0.0228. The Morgan fingerprint density at radius 2 is 2.07 bits per heavy atom. The zero-order valence-electron chi connectivity index (χ0n) is 15.5. The number of piperidine rings is 1. The van der Waals surface area contributed by atoms with Crippen molar-refractivity contribution < 1.29 is 4.79 Å². The molecule has 2 aromatic heterocycles. The molecule has 1 atom stereocenters. The summed E-state index contributed by atoms with van der Waals surface area (Å²) in [5, 5.41) is 7.43. The first-order valence-electron chi connectivity index (χ1n) is 9.31. The summed E-state index contributed by atoms with van der Waals surface area (Å²) < 4.78 is 0. The van der Waals surface area contributed by atoms with E-state index in [4.69, 9.17) is 11.6 Å². The molecule has 0 bridgehead atoms. The monoisotopic (exact) mass is 396 g/mol. The molecule has 1 saturated heterocycles. The standard InChI is InChI=1S/C21H21ClN4O2/c1-13-4-6-14(7-5-13)17-11-24-25-19(17)15-3-2-8-26(12-15)21(28)16-9-18(22)20(27)23-10-16/h4-7,9-11,15H,2-3,8,12H2,1H3,(H,23,27)(H,24,25)/t15-/m0/s1. The van der Waals surface area contributed by atoms with E-state index < -0.39 is 5.56 Å². The summed E-state index contributed by atoms with van der Waals surface area (Å²) in [6.07, 6.45) is 5.16. The molecule has 1 aliphatic heterocycles. The van der Waals surface area contributed by atoms with Gasteiger partial charge in [0.1, 0.15) is 5.02 Å². The molecule has 0 saturated carbocycles. The van der Waals surface area contributed by atoms with Crippen molar-refractivity contribution in [2.75, 3.05) is 13.1 Å². The van der Waals surface area contributed by atoms with Gasteiger partial charge in [-0.3, -0.25) is 14.7 Å². The number of hydrogen-bond donors (Lipinski definition) is 2. The highest BCUT2D eigenvalue weighted by atomic mass is 35.5. The van der Waals surface area contributed by atoms with E-state index in [0.29, 0.717) is 18.7 Å². The smallest absolute Gasteiger partial charge is 0.266 e. The van der Waals surface area contributed by atoms with Gasteiger partial charge in [-0.2, -0.15) is 5.10 Å². The van der Waals surface area contributed by atoms with Crippen LogP contribution in [0.15, 0.2) is 47.5 Å². The van der Waals surface area contributed by atoms with Crippen LogP contribution in [0, 0.1) is 6.92 Å². The lowest BCUT2D eigenvalue weighted by Gasteiger charge is -2.32. The van der Waals surface area contributed by atoms with Crippen molar-refractivity contribution in [2.45, 2.75) is 25.7 Å². The van der Waals surface area contributed by atoms with Gasteiger partial charge in [0.2, 0.25) is 0 Å². The largest absolute Gasteiger partial charge is 0.338 e. The minimum Gasteiger partial charge on any atom is -0.338 e. The predicted molar refractivity (Wildman–Crippen MR) is 109 cm³/mol. The first-order chi connectivity index (χ1) is 13.5. The summed E-state index contributed by atoms with van der Waals surface area (Å²) in [6, 6.07) is 9.79. The van der Waals surface area contributed by atoms with Crippen molar-refractivity contribution in [3.63, 3.8) is 0 Å². The van der Waals surface area contributed by atoms with Crippen LogP contribution in [-0.4, -0.2) is 39.1 Å². The quantitative estimate of drug-likeness (QED) is 0.707. The summed E-state index contributed by atoms with van der Waals surface area (Å²) in [7, 11) is 0. The molecule has 6 nitrogen and oxygen atoms in total. The molecule has 4 rings (SSSR count). The predicted octanol–water partition coefficient (Wildman–Crippen LogP) is 3.75. The number of amides is 1. The molecular formula is C21H21ClN4O2. The Morgan fingerprint density at radius 1 is 1.29 bits per heavy atom. The number of halogens is 1. The summed E-state index contributed by atoms with van der Waals surface area (Å²) in [6.45, 7) is 3.34. The summed E-state index contributed by atoms with van der Waals surface area (Å²) in [5.41, 5.74) is 4.46. The number of rotatable bonds is 3. The Labute approximate surface area is 167 Å². The second-order valence-corrected chi connectivity index (χ2v) is 7.63. The van der Waals surface area contributed by atoms with Gasteiger partial charge >= 0.3 is 0 Å². The molecule has 0 aliphatic carbocycles. The molecule has 0 spiro atoms. The highest BCUT2D eigenvalue weighted by Crippen LogP contribution is 2.33. The number of hydrogen-bond acceptors (Lipinski definition) is 3. The van der Waals surface area contributed by atoms with Crippen molar-refractivity contribution in [2.24, 2.45) is 0 Å². The van der Waals surface area contributed by atoms with E-state index in [1.54, 1.807) is 0 Å². The Morgan fingerprint density at radius 3 is 2.82 bits per heavy atom. The number of H-pyrrole nitrogens is 2. The van der Waals surface area contributed by atoms with Gasteiger partial charge in [-0.15, -0.1) is 0 Å². The molecule has 0 radical (unpaired) electrons. The zero-order chi connectivity index (χ0) is 19.7. The van der Waals surface area contributed by atoms with E-state index in [0.717, 1.165) is 29.7 Å². The minimum atomic E-state index is -0.394. The molecule has 2 N–H and O–H groups in total. The first-order valence-corrected chi connectivity index (χ1v) is 9.68. The zero-order valence-corrected chi connectivity index (χ0v) is 16.3. The van der Waals surface area contributed by atoms with Crippen LogP contribution in [0.25, 0.3) is 11.1 Å². The van der Waals surface area contributed by atoms with Crippen LogP contribution in [0.4, 0.5) is 0 Å². The van der Waals surface area contributed by atoms with Crippen molar-refractivity contribution in [3.8, 4) is 11.1 Å². The molecule has 28 heavy (non-hydrogen) atoms.